The van der Waals surface area contributed by atoms with Crippen LogP contribution in [0.4, 0.5) is 0 Å². The van der Waals surface area contributed by atoms with Crippen LogP contribution < -0.4 is 0 Å². The molecule has 0 radical (unpaired) electrons. The number of aromatic amines is 1. The molecule has 20 heavy (non-hydrogen) atoms. The smallest absolute Gasteiger partial charge is 0.138 e. The predicted octanol–water partition coefficient (Wildman–Crippen LogP) is 4.69. The standard InChI is InChI=1S/C18H14N2/c1-12-9-16-15-10-14(13-5-3-2-4-6-13)7-8-17(15)20-18(16)19-11-12/h2-11H,1H3,(H,19,20). The van der Waals surface area contributed by atoms with E-state index in [-0.39, 0.29) is 0 Å². The van der Waals surface area contributed by atoms with E-state index >= 15 is 0 Å². The highest BCUT2D eigenvalue weighted by atomic mass is 14.8. The lowest BCUT2D eigenvalue weighted by Gasteiger charge is -2.01. The number of nitrogens with zero attached hydrogens (tertiary/aromatic N) is 1. The van der Waals surface area contributed by atoms with Crippen molar-refractivity contribution >= 4 is 21.9 Å². The van der Waals surface area contributed by atoms with Crippen LogP contribution in [0.3, 0.4) is 0 Å². The second kappa shape index (κ2) is 4.20. The number of pyridine rings is 1. The van der Waals surface area contributed by atoms with Crippen LogP contribution >= 0.6 is 0 Å². The molecule has 2 nitrogen and oxygen atoms in total. The van der Waals surface area contributed by atoms with E-state index < -0.39 is 0 Å². The molecular formula is C18H14N2. The molecule has 2 aromatic heterocycles. The summed E-state index contributed by atoms with van der Waals surface area (Å²) in [6.07, 6.45) is 1.90. The molecule has 2 aromatic carbocycles. The second-order valence-corrected chi connectivity index (χ2v) is 5.16. The molecule has 4 rings (SSSR count). The van der Waals surface area contributed by atoms with Gasteiger partial charge in [0.2, 0.25) is 0 Å². The number of aromatic nitrogens is 2. The highest BCUT2D eigenvalue weighted by Crippen LogP contribution is 2.29. The lowest BCUT2D eigenvalue weighted by Crippen LogP contribution is -1.78. The summed E-state index contributed by atoms with van der Waals surface area (Å²) in [6.45, 7) is 2.08. The molecule has 0 atom stereocenters. The summed E-state index contributed by atoms with van der Waals surface area (Å²) >= 11 is 0. The fourth-order valence-electron chi connectivity index (χ4n) is 2.69. The van der Waals surface area contributed by atoms with Crippen molar-refractivity contribution < 1.29 is 0 Å². The van der Waals surface area contributed by atoms with Gasteiger partial charge in [-0.2, -0.15) is 0 Å². The van der Waals surface area contributed by atoms with Crippen molar-refractivity contribution in [2.45, 2.75) is 6.92 Å². The zero-order chi connectivity index (χ0) is 13.5. The van der Waals surface area contributed by atoms with Crippen LogP contribution in [0.2, 0.25) is 0 Å². The molecule has 0 spiro atoms. The lowest BCUT2D eigenvalue weighted by atomic mass is 10.0. The first-order valence-electron chi connectivity index (χ1n) is 6.75. The molecule has 0 aliphatic rings. The maximum atomic E-state index is 4.46. The molecular weight excluding hydrogens is 244 g/mol. The highest BCUT2D eigenvalue weighted by Gasteiger charge is 2.07. The number of hydrogen-bond acceptors (Lipinski definition) is 1. The van der Waals surface area contributed by atoms with Crippen LogP contribution in [-0.2, 0) is 0 Å². The van der Waals surface area contributed by atoms with E-state index in [9.17, 15) is 0 Å². The Balaban J connectivity index is 2.03. The fourth-order valence-corrected chi connectivity index (χ4v) is 2.69. The summed E-state index contributed by atoms with van der Waals surface area (Å²) in [6, 6.07) is 19.2. The van der Waals surface area contributed by atoms with Crippen molar-refractivity contribution in [2.75, 3.05) is 0 Å². The molecule has 0 fully saturated rings. The van der Waals surface area contributed by atoms with Crippen LogP contribution in [0.25, 0.3) is 33.1 Å². The topological polar surface area (TPSA) is 28.7 Å². The van der Waals surface area contributed by atoms with Crippen molar-refractivity contribution in [1.82, 2.24) is 9.97 Å². The van der Waals surface area contributed by atoms with Gasteiger partial charge in [0, 0.05) is 22.5 Å². The van der Waals surface area contributed by atoms with E-state index in [0.717, 1.165) is 11.2 Å². The first-order chi connectivity index (χ1) is 9.81. The first-order valence-corrected chi connectivity index (χ1v) is 6.75. The molecule has 0 aliphatic heterocycles. The van der Waals surface area contributed by atoms with Gasteiger partial charge < -0.3 is 4.98 Å². The van der Waals surface area contributed by atoms with Gasteiger partial charge in [-0.1, -0.05) is 36.4 Å². The quantitative estimate of drug-likeness (QED) is 0.527. The summed E-state index contributed by atoms with van der Waals surface area (Å²) in [5.41, 5.74) is 5.75. The Morgan fingerprint density at radius 3 is 2.55 bits per heavy atom. The van der Waals surface area contributed by atoms with Gasteiger partial charge >= 0.3 is 0 Å². The number of nitrogens with one attached hydrogen (secondary N) is 1. The van der Waals surface area contributed by atoms with Crippen LogP contribution in [0.1, 0.15) is 5.56 Å². The van der Waals surface area contributed by atoms with E-state index in [1.807, 2.05) is 12.3 Å². The minimum Gasteiger partial charge on any atom is -0.339 e. The zero-order valence-corrected chi connectivity index (χ0v) is 11.2. The Morgan fingerprint density at radius 2 is 1.70 bits per heavy atom. The molecule has 0 unspecified atom stereocenters. The van der Waals surface area contributed by atoms with Gasteiger partial charge in [0.15, 0.2) is 0 Å². The fraction of sp³-hybridized carbons (Fsp3) is 0.0556. The molecule has 2 heteroatoms. The average molecular weight is 258 g/mol. The third-order valence-electron chi connectivity index (χ3n) is 3.69. The van der Waals surface area contributed by atoms with Crippen molar-refractivity contribution in [3.8, 4) is 11.1 Å². The normalized spacial score (nSPS) is 11.2. The van der Waals surface area contributed by atoms with Crippen LogP contribution in [0, 0.1) is 6.92 Å². The van der Waals surface area contributed by atoms with Crippen molar-refractivity contribution in [3.05, 3.63) is 66.4 Å². The van der Waals surface area contributed by atoms with Gasteiger partial charge in [0.05, 0.1) is 0 Å². The number of rotatable bonds is 1. The van der Waals surface area contributed by atoms with Crippen LogP contribution in [0.15, 0.2) is 60.8 Å². The van der Waals surface area contributed by atoms with Crippen molar-refractivity contribution in [1.29, 1.82) is 0 Å². The highest BCUT2D eigenvalue weighted by molar-refractivity contribution is 6.07. The molecule has 0 amide bonds. The average Bonchev–Trinajstić information content (AvgIpc) is 2.85. The number of hydrogen-bond donors (Lipinski definition) is 1. The number of benzene rings is 2. The van der Waals surface area contributed by atoms with Gasteiger partial charge in [-0.25, -0.2) is 4.98 Å². The van der Waals surface area contributed by atoms with Crippen LogP contribution in [-0.4, -0.2) is 9.97 Å². The molecule has 0 saturated carbocycles. The Morgan fingerprint density at radius 1 is 0.850 bits per heavy atom. The van der Waals surface area contributed by atoms with E-state index in [0.29, 0.717) is 0 Å². The molecule has 2 heterocycles. The minimum atomic E-state index is 0.954. The van der Waals surface area contributed by atoms with Gasteiger partial charge in [0.1, 0.15) is 5.65 Å². The van der Waals surface area contributed by atoms with Crippen molar-refractivity contribution in [2.24, 2.45) is 0 Å². The molecule has 96 valence electrons. The Hall–Kier alpha value is -2.61. The minimum absolute atomic E-state index is 0.954. The Labute approximate surface area is 117 Å². The van der Waals surface area contributed by atoms with E-state index in [2.05, 4.69) is 65.4 Å². The van der Waals surface area contributed by atoms with E-state index in [4.69, 9.17) is 0 Å². The first kappa shape index (κ1) is 11.2. The summed E-state index contributed by atoms with van der Waals surface area (Å²) in [7, 11) is 0. The maximum Gasteiger partial charge on any atom is 0.138 e. The third-order valence-corrected chi connectivity index (χ3v) is 3.69. The Kier molecular flexibility index (Phi) is 2.36. The van der Waals surface area contributed by atoms with Gasteiger partial charge in [0.25, 0.3) is 0 Å². The largest absolute Gasteiger partial charge is 0.339 e. The molecule has 1 N–H and O–H groups in total. The number of H-pyrrole nitrogens is 1. The van der Waals surface area contributed by atoms with Crippen LogP contribution in [0.5, 0.6) is 0 Å². The maximum absolute atomic E-state index is 4.46. The second-order valence-electron chi connectivity index (χ2n) is 5.16. The summed E-state index contributed by atoms with van der Waals surface area (Å²) in [5, 5.41) is 2.43. The van der Waals surface area contributed by atoms with E-state index in [1.165, 1.54) is 27.5 Å². The number of aryl methyl sites for hydroxylation is 1. The Bertz CT molecular complexity index is 905. The lowest BCUT2D eigenvalue weighted by molar-refractivity contribution is 1.30. The zero-order valence-electron chi connectivity index (χ0n) is 11.2. The molecule has 4 aromatic rings. The summed E-state index contributed by atoms with van der Waals surface area (Å²) in [4.78, 5) is 7.84. The number of fused-ring (bicyclic) bond motifs is 3. The molecule has 0 aliphatic carbocycles. The predicted molar refractivity (Wildman–Crippen MR) is 83.8 cm³/mol. The molecule has 0 bridgehead atoms. The van der Waals surface area contributed by atoms with Gasteiger partial charge in [-0.3, -0.25) is 0 Å². The monoisotopic (exact) mass is 258 g/mol. The van der Waals surface area contributed by atoms with Gasteiger partial charge in [-0.05, 0) is 41.8 Å². The van der Waals surface area contributed by atoms with E-state index in [1.54, 1.807) is 0 Å². The van der Waals surface area contributed by atoms with Crippen molar-refractivity contribution in [3.63, 3.8) is 0 Å². The SMILES string of the molecule is Cc1cnc2[nH]c3ccc(-c4ccccc4)cc3c2c1. The molecule has 0 saturated heterocycles. The van der Waals surface area contributed by atoms with Gasteiger partial charge in [-0.15, -0.1) is 0 Å². The summed E-state index contributed by atoms with van der Waals surface area (Å²) < 4.78 is 0. The third kappa shape index (κ3) is 1.69. The summed E-state index contributed by atoms with van der Waals surface area (Å²) in [5.74, 6) is 0.